The van der Waals surface area contributed by atoms with Gasteiger partial charge in [0.05, 0.1) is 18.8 Å². The van der Waals surface area contributed by atoms with Crippen molar-refractivity contribution in [3.8, 4) is 0 Å². The smallest absolute Gasteiger partial charge is 0.326 e. The third-order valence-electron chi connectivity index (χ3n) is 4.39. The maximum absolute atomic E-state index is 12.7. The molecule has 32 heavy (non-hydrogen) atoms. The van der Waals surface area contributed by atoms with Crippen molar-refractivity contribution in [1.29, 1.82) is 0 Å². The van der Waals surface area contributed by atoms with Gasteiger partial charge in [-0.1, -0.05) is 13.8 Å². The highest BCUT2D eigenvalue weighted by molar-refractivity contribution is 7.80. The number of rotatable bonds is 13. The van der Waals surface area contributed by atoms with E-state index in [1.54, 1.807) is 13.8 Å². The van der Waals surface area contributed by atoms with Gasteiger partial charge in [0.2, 0.25) is 17.7 Å². The highest BCUT2D eigenvalue weighted by Crippen LogP contribution is 2.06. The number of hydrogen-bond acceptors (Lipinski definition) is 8. The number of thiol groups is 1. The zero-order chi connectivity index (χ0) is 24.4. The van der Waals surface area contributed by atoms with E-state index in [9.17, 15) is 29.1 Å². The van der Waals surface area contributed by atoms with Crippen LogP contribution in [0, 0.1) is 5.92 Å². The summed E-state index contributed by atoms with van der Waals surface area (Å²) in [5, 5.41) is 25.5. The van der Waals surface area contributed by atoms with E-state index in [0.29, 0.717) is 5.69 Å². The maximum Gasteiger partial charge on any atom is 0.326 e. The van der Waals surface area contributed by atoms with Gasteiger partial charge in [-0.05, 0) is 5.92 Å². The number of amides is 3. The minimum Gasteiger partial charge on any atom is -0.481 e. The lowest BCUT2D eigenvalue weighted by Crippen LogP contribution is -2.59. The fourth-order valence-electron chi connectivity index (χ4n) is 2.61. The molecule has 1 rings (SSSR count). The standard InChI is InChI=1S/C18H28N6O7S/c1-8(2)14(17(29)23-12(18(30)31)3-9-5-20-7-21-9)24-16(28)11(4-13(25)26)22-15(27)10(19)6-32/h5,7-8,10-12,14,32H,3-4,6,19H2,1-2H3,(H,20,21)(H,22,27)(H,23,29)(H,24,28)(H,25,26)(H,30,31). The van der Waals surface area contributed by atoms with Crippen molar-refractivity contribution in [2.75, 3.05) is 5.75 Å². The normalized spacial score (nSPS) is 14.7. The quantitative estimate of drug-likeness (QED) is 0.147. The molecule has 0 aliphatic heterocycles. The Labute approximate surface area is 189 Å². The van der Waals surface area contributed by atoms with E-state index in [-0.39, 0.29) is 12.2 Å². The van der Waals surface area contributed by atoms with Gasteiger partial charge in [0.15, 0.2) is 0 Å². The molecule has 178 valence electrons. The van der Waals surface area contributed by atoms with Crippen LogP contribution in [0.25, 0.3) is 0 Å². The van der Waals surface area contributed by atoms with Gasteiger partial charge in [0, 0.05) is 24.1 Å². The van der Waals surface area contributed by atoms with Crippen molar-refractivity contribution in [3.63, 3.8) is 0 Å². The highest BCUT2D eigenvalue weighted by Gasteiger charge is 2.32. The van der Waals surface area contributed by atoms with Crippen LogP contribution in [-0.4, -0.2) is 79.8 Å². The number of H-pyrrole nitrogens is 1. The Morgan fingerprint density at radius 3 is 2.16 bits per heavy atom. The fraction of sp³-hybridized carbons (Fsp3) is 0.556. The highest BCUT2D eigenvalue weighted by atomic mass is 32.1. The van der Waals surface area contributed by atoms with E-state index < -0.39 is 66.2 Å². The lowest BCUT2D eigenvalue weighted by molar-refractivity contribution is -0.143. The summed E-state index contributed by atoms with van der Waals surface area (Å²) in [6.45, 7) is 3.22. The van der Waals surface area contributed by atoms with Crippen LogP contribution in [0.4, 0.5) is 0 Å². The largest absolute Gasteiger partial charge is 0.481 e. The summed E-state index contributed by atoms with van der Waals surface area (Å²) < 4.78 is 0. The van der Waals surface area contributed by atoms with Crippen molar-refractivity contribution >= 4 is 42.3 Å². The number of carbonyl (C=O) groups excluding carboxylic acids is 3. The molecule has 1 heterocycles. The van der Waals surface area contributed by atoms with E-state index in [1.807, 2.05) is 0 Å². The fourth-order valence-corrected chi connectivity index (χ4v) is 2.78. The van der Waals surface area contributed by atoms with Crippen LogP contribution in [0.2, 0.25) is 0 Å². The van der Waals surface area contributed by atoms with Crippen molar-refractivity contribution < 1.29 is 34.2 Å². The third-order valence-corrected chi connectivity index (χ3v) is 4.78. The van der Waals surface area contributed by atoms with E-state index >= 15 is 0 Å². The number of carboxylic acid groups (broad SMARTS) is 2. The molecular formula is C18H28N6O7S. The zero-order valence-corrected chi connectivity index (χ0v) is 18.5. The summed E-state index contributed by atoms with van der Waals surface area (Å²) >= 11 is 3.88. The van der Waals surface area contributed by atoms with Gasteiger partial charge >= 0.3 is 11.9 Å². The Morgan fingerprint density at radius 2 is 1.69 bits per heavy atom. The number of aliphatic carboxylic acids is 2. The van der Waals surface area contributed by atoms with Crippen molar-refractivity contribution in [2.24, 2.45) is 11.7 Å². The Hall–Kier alpha value is -3.13. The summed E-state index contributed by atoms with van der Waals surface area (Å²) in [6.07, 6.45) is 1.96. The molecule has 0 saturated carbocycles. The topological polar surface area (TPSA) is 217 Å². The molecule has 4 unspecified atom stereocenters. The van der Waals surface area contributed by atoms with Gasteiger partial charge < -0.3 is 36.9 Å². The lowest BCUT2D eigenvalue weighted by Gasteiger charge is -2.26. The Kier molecular flexibility index (Phi) is 10.6. The summed E-state index contributed by atoms with van der Waals surface area (Å²) in [5.41, 5.74) is 6.02. The number of nitrogens with zero attached hydrogens (tertiary/aromatic N) is 1. The van der Waals surface area contributed by atoms with Gasteiger partial charge in [-0.3, -0.25) is 19.2 Å². The van der Waals surface area contributed by atoms with Crippen LogP contribution in [-0.2, 0) is 30.4 Å². The van der Waals surface area contributed by atoms with Crippen LogP contribution in [0.15, 0.2) is 12.5 Å². The molecule has 1 aromatic rings. The third kappa shape index (κ3) is 8.55. The van der Waals surface area contributed by atoms with Gasteiger partial charge in [-0.2, -0.15) is 12.6 Å². The Bertz CT molecular complexity index is 817. The molecule has 0 aliphatic rings. The first-order valence-corrected chi connectivity index (χ1v) is 10.3. The van der Waals surface area contributed by atoms with Crippen LogP contribution >= 0.6 is 12.6 Å². The van der Waals surface area contributed by atoms with E-state index in [4.69, 9.17) is 10.8 Å². The maximum atomic E-state index is 12.7. The van der Waals surface area contributed by atoms with Crippen LogP contribution in [0.1, 0.15) is 26.0 Å². The molecule has 0 spiro atoms. The van der Waals surface area contributed by atoms with Gasteiger partial charge in [-0.15, -0.1) is 0 Å². The molecule has 0 bridgehead atoms. The van der Waals surface area contributed by atoms with Crippen molar-refractivity contribution in [2.45, 2.75) is 50.9 Å². The molecule has 0 fully saturated rings. The average Bonchev–Trinajstić information content (AvgIpc) is 3.22. The predicted octanol–water partition coefficient (Wildman–Crippen LogP) is -2.12. The lowest BCUT2D eigenvalue weighted by atomic mass is 10.0. The minimum atomic E-state index is -1.50. The molecule has 1 aromatic heterocycles. The summed E-state index contributed by atoms with van der Waals surface area (Å²) in [6, 6.07) is -5.06. The second-order valence-corrected chi connectivity index (χ2v) is 7.72. The Balaban J connectivity index is 2.93. The molecule has 4 atom stereocenters. The summed E-state index contributed by atoms with van der Waals surface area (Å²) in [5.74, 6) is -5.66. The molecule has 3 amide bonds. The molecule has 0 aromatic carbocycles. The molecule has 14 heteroatoms. The van der Waals surface area contributed by atoms with Crippen molar-refractivity contribution in [1.82, 2.24) is 25.9 Å². The second-order valence-electron chi connectivity index (χ2n) is 7.36. The number of aromatic nitrogens is 2. The number of carbonyl (C=O) groups is 5. The Morgan fingerprint density at radius 1 is 1.06 bits per heavy atom. The monoisotopic (exact) mass is 472 g/mol. The van der Waals surface area contributed by atoms with Crippen LogP contribution in [0.5, 0.6) is 0 Å². The molecule has 13 nitrogen and oxygen atoms in total. The van der Waals surface area contributed by atoms with E-state index in [0.717, 1.165) is 0 Å². The van der Waals surface area contributed by atoms with Crippen LogP contribution in [0.3, 0.4) is 0 Å². The predicted molar refractivity (Wildman–Crippen MR) is 115 cm³/mol. The van der Waals surface area contributed by atoms with Gasteiger partial charge in [0.25, 0.3) is 0 Å². The molecule has 0 saturated heterocycles. The number of nitrogens with one attached hydrogen (secondary N) is 4. The SMILES string of the molecule is CC(C)C(NC(=O)C(CC(=O)O)NC(=O)C(N)CS)C(=O)NC(Cc1cnc[nH]1)C(=O)O. The molecule has 0 aliphatic carbocycles. The summed E-state index contributed by atoms with van der Waals surface area (Å²) in [7, 11) is 0. The first kappa shape index (κ1) is 26.9. The molecule has 0 radical (unpaired) electrons. The number of imidazole rings is 1. The zero-order valence-electron chi connectivity index (χ0n) is 17.6. The first-order chi connectivity index (χ1) is 15.0. The van der Waals surface area contributed by atoms with E-state index in [2.05, 4.69) is 38.5 Å². The van der Waals surface area contributed by atoms with Crippen molar-refractivity contribution in [3.05, 3.63) is 18.2 Å². The van der Waals surface area contributed by atoms with E-state index in [1.165, 1.54) is 12.5 Å². The molecular weight excluding hydrogens is 444 g/mol. The van der Waals surface area contributed by atoms with Gasteiger partial charge in [0.1, 0.15) is 18.1 Å². The minimum absolute atomic E-state index is 0.0306. The number of nitrogens with two attached hydrogens (primary N) is 1. The van der Waals surface area contributed by atoms with Gasteiger partial charge in [-0.25, -0.2) is 9.78 Å². The number of carboxylic acids is 2. The first-order valence-electron chi connectivity index (χ1n) is 9.65. The van der Waals surface area contributed by atoms with Crippen LogP contribution < -0.4 is 21.7 Å². The summed E-state index contributed by atoms with van der Waals surface area (Å²) in [4.78, 5) is 66.6. The average molecular weight is 473 g/mol. The number of aromatic amines is 1. The molecule has 8 N–H and O–H groups in total. The number of hydrogen-bond donors (Lipinski definition) is 8. The second kappa shape index (κ2) is 12.7.